The molecule has 2 fully saturated rings. The summed E-state index contributed by atoms with van der Waals surface area (Å²) in [6.07, 6.45) is 4.97. The highest BCUT2D eigenvalue weighted by atomic mass is 16.5. The maximum Gasteiger partial charge on any atom is 0.321 e. The number of primary amides is 1. The van der Waals surface area contributed by atoms with E-state index in [-0.39, 0.29) is 36.2 Å². The van der Waals surface area contributed by atoms with Gasteiger partial charge in [0.05, 0.1) is 7.11 Å². The molecule has 0 spiro atoms. The number of carbonyl (C=O) groups excluding carboxylic acids is 4. The lowest BCUT2D eigenvalue weighted by Gasteiger charge is -2.09. The average molecular weight is 351 g/mol. The minimum atomic E-state index is -1.11. The molecule has 0 aromatic rings. The van der Waals surface area contributed by atoms with Crippen LogP contribution < -0.4 is 5.73 Å². The van der Waals surface area contributed by atoms with E-state index in [1.54, 1.807) is 19.1 Å². The summed E-state index contributed by atoms with van der Waals surface area (Å²) in [5, 5.41) is 0. The SMILES string of the molecule is C.C=C[C@H]1C[C@@]1(C(N)=O)C(=O)OC.C=C[C@H]1C[C@@]1(CC(C)=O)C(C)=O. The Balaban J connectivity index is 0.000000443. The molecule has 1 amide bonds. The molecule has 0 heterocycles. The fraction of sp³-hybridized carbons (Fsp3) is 0.579. The molecule has 0 bridgehead atoms. The van der Waals surface area contributed by atoms with Gasteiger partial charge in [0, 0.05) is 17.8 Å². The van der Waals surface area contributed by atoms with Crippen molar-refractivity contribution in [3.05, 3.63) is 25.3 Å². The minimum absolute atomic E-state index is 0. The lowest BCUT2D eigenvalue weighted by atomic mass is 9.92. The van der Waals surface area contributed by atoms with Gasteiger partial charge in [-0.1, -0.05) is 19.6 Å². The van der Waals surface area contributed by atoms with Crippen LogP contribution in [0.15, 0.2) is 25.3 Å². The zero-order valence-corrected chi connectivity index (χ0v) is 14.5. The zero-order chi connectivity index (χ0) is 18.7. The van der Waals surface area contributed by atoms with Crippen molar-refractivity contribution in [1.29, 1.82) is 0 Å². The molecular formula is C19H29NO5. The average Bonchev–Trinajstić information content (AvgIpc) is 3.39. The standard InChI is InChI=1S/C10H14O2.C8H11NO3.CH4/c1-4-9-6-10(9,8(3)12)5-7(2)11;1-3-5-4-8(5,6(9)10)7(11)12-2;/h4,9H,1,5-6H2,2-3H3;3,5H,1,4H2,2H3,(H2,9,10);1H4/t9-,10-;5-,8+;/m00./s1. The quantitative estimate of drug-likeness (QED) is 0.430. The van der Waals surface area contributed by atoms with Crippen LogP contribution in [0.25, 0.3) is 0 Å². The number of hydrogen-bond acceptors (Lipinski definition) is 5. The number of carbonyl (C=O) groups is 4. The number of ether oxygens (including phenoxy) is 1. The molecular weight excluding hydrogens is 322 g/mol. The van der Waals surface area contributed by atoms with Crippen molar-refractivity contribution >= 4 is 23.4 Å². The topological polar surface area (TPSA) is 104 Å². The van der Waals surface area contributed by atoms with Gasteiger partial charge in [0.1, 0.15) is 11.6 Å². The second-order valence-electron chi connectivity index (χ2n) is 6.51. The molecule has 140 valence electrons. The van der Waals surface area contributed by atoms with Gasteiger partial charge in [-0.2, -0.15) is 0 Å². The van der Waals surface area contributed by atoms with Gasteiger partial charge in [0.25, 0.3) is 0 Å². The molecule has 0 unspecified atom stereocenters. The Labute approximate surface area is 149 Å². The third kappa shape index (κ3) is 4.24. The van der Waals surface area contributed by atoms with Gasteiger partial charge < -0.3 is 10.5 Å². The van der Waals surface area contributed by atoms with Crippen molar-refractivity contribution in [2.24, 2.45) is 28.4 Å². The van der Waals surface area contributed by atoms with Crippen LogP contribution in [0.5, 0.6) is 0 Å². The first kappa shape index (κ1) is 22.8. The van der Waals surface area contributed by atoms with Crippen molar-refractivity contribution in [2.45, 2.75) is 40.5 Å². The van der Waals surface area contributed by atoms with Crippen molar-refractivity contribution in [2.75, 3.05) is 7.11 Å². The molecule has 0 aromatic carbocycles. The van der Waals surface area contributed by atoms with E-state index in [2.05, 4.69) is 17.9 Å². The van der Waals surface area contributed by atoms with E-state index < -0.39 is 17.3 Å². The van der Waals surface area contributed by atoms with Crippen molar-refractivity contribution in [3.8, 4) is 0 Å². The van der Waals surface area contributed by atoms with Crippen LogP contribution in [-0.4, -0.2) is 30.6 Å². The molecule has 25 heavy (non-hydrogen) atoms. The number of allylic oxidation sites excluding steroid dienone is 2. The normalized spacial score (nSPS) is 31.2. The molecule has 2 rings (SSSR count). The third-order valence-electron chi connectivity index (χ3n) is 4.97. The minimum Gasteiger partial charge on any atom is -0.468 e. The van der Waals surface area contributed by atoms with Crippen molar-refractivity contribution in [1.82, 2.24) is 0 Å². The molecule has 6 nitrogen and oxygen atoms in total. The van der Waals surface area contributed by atoms with E-state index in [0.29, 0.717) is 12.8 Å². The fourth-order valence-electron chi connectivity index (χ4n) is 3.19. The van der Waals surface area contributed by atoms with Gasteiger partial charge >= 0.3 is 5.97 Å². The summed E-state index contributed by atoms with van der Waals surface area (Å²) in [5.74, 6) is -0.877. The molecule has 0 aliphatic heterocycles. The summed E-state index contributed by atoms with van der Waals surface area (Å²) < 4.78 is 4.48. The van der Waals surface area contributed by atoms with Crippen LogP contribution in [0, 0.1) is 22.7 Å². The van der Waals surface area contributed by atoms with Gasteiger partial charge in [-0.3, -0.25) is 19.2 Å². The number of rotatable bonds is 7. The Morgan fingerprint density at radius 3 is 1.88 bits per heavy atom. The maximum absolute atomic E-state index is 11.2. The van der Waals surface area contributed by atoms with E-state index in [4.69, 9.17) is 5.73 Å². The first-order chi connectivity index (χ1) is 11.1. The summed E-state index contributed by atoms with van der Waals surface area (Å²) in [5.41, 5.74) is 3.61. The number of Topliss-reactive ketones (excluding diaryl/α,β-unsaturated/α-hetero) is 2. The smallest absolute Gasteiger partial charge is 0.321 e. The third-order valence-corrected chi connectivity index (χ3v) is 4.97. The molecule has 6 heteroatoms. The van der Waals surface area contributed by atoms with Crippen LogP contribution in [0.2, 0.25) is 0 Å². The second-order valence-corrected chi connectivity index (χ2v) is 6.51. The Morgan fingerprint density at radius 2 is 1.64 bits per heavy atom. The van der Waals surface area contributed by atoms with Gasteiger partial charge in [-0.05, 0) is 32.6 Å². The largest absolute Gasteiger partial charge is 0.468 e. The molecule has 2 aliphatic rings. The summed E-state index contributed by atoms with van der Waals surface area (Å²) >= 11 is 0. The van der Waals surface area contributed by atoms with E-state index in [1.807, 2.05) is 0 Å². The van der Waals surface area contributed by atoms with Crippen molar-refractivity contribution in [3.63, 3.8) is 0 Å². The monoisotopic (exact) mass is 351 g/mol. The molecule has 2 N–H and O–H groups in total. The Morgan fingerprint density at radius 1 is 1.12 bits per heavy atom. The summed E-state index contributed by atoms with van der Waals surface area (Å²) in [7, 11) is 1.24. The van der Waals surface area contributed by atoms with E-state index in [1.165, 1.54) is 14.0 Å². The molecule has 4 atom stereocenters. The number of amides is 1. The van der Waals surface area contributed by atoms with Gasteiger partial charge in [0.2, 0.25) is 5.91 Å². The number of nitrogens with two attached hydrogens (primary N) is 1. The van der Waals surface area contributed by atoms with Crippen LogP contribution in [0.3, 0.4) is 0 Å². The summed E-state index contributed by atoms with van der Waals surface area (Å²) in [4.78, 5) is 44.2. The molecule has 2 saturated carbocycles. The van der Waals surface area contributed by atoms with Crippen LogP contribution in [0.1, 0.15) is 40.5 Å². The van der Waals surface area contributed by atoms with Gasteiger partial charge in [-0.25, -0.2) is 0 Å². The lowest BCUT2D eigenvalue weighted by Crippen LogP contribution is -2.34. The first-order valence-corrected chi connectivity index (χ1v) is 7.76. The molecule has 0 radical (unpaired) electrons. The molecule has 0 aromatic heterocycles. The summed E-state index contributed by atoms with van der Waals surface area (Å²) in [6.45, 7) is 10.2. The highest BCUT2D eigenvalue weighted by Gasteiger charge is 2.64. The second kappa shape index (κ2) is 8.23. The summed E-state index contributed by atoms with van der Waals surface area (Å²) in [6, 6.07) is 0. The van der Waals surface area contributed by atoms with Crippen molar-refractivity contribution < 1.29 is 23.9 Å². The molecule has 2 aliphatic carbocycles. The van der Waals surface area contributed by atoms with E-state index in [0.717, 1.165) is 6.42 Å². The predicted octanol–water partition coefficient (Wildman–Crippen LogP) is 2.22. The fourth-order valence-corrected chi connectivity index (χ4v) is 3.19. The van der Waals surface area contributed by atoms with E-state index >= 15 is 0 Å². The lowest BCUT2D eigenvalue weighted by molar-refractivity contribution is -0.151. The molecule has 0 saturated heterocycles. The Bertz CT molecular complexity index is 597. The number of hydrogen-bond donors (Lipinski definition) is 1. The number of esters is 1. The zero-order valence-electron chi connectivity index (χ0n) is 14.5. The van der Waals surface area contributed by atoms with Crippen LogP contribution >= 0.6 is 0 Å². The van der Waals surface area contributed by atoms with Gasteiger partial charge in [-0.15, -0.1) is 13.2 Å². The van der Waals surface area contributed by atoms with Crippen LogP contribution in [-0.2, 0) is 23.9 Å². The number of methoxy groups -OCH3 is 1. The van der Waals surface area contributed by atoms with Crippen LogP contribution in [0.4, 0.5) is 0 Å². The Kier molecular flexibility index (Phi) is 7.49. The number of ketones is 2. The Hall–Kier alpha value is -2.24. The van der Waals surface area contributed by atoms with E-state index in [9.17, 15) is 19.2 Å². The highest BCUT2D eigenvalue weighted by Crippen LogP contribution is 2.56. The van der Waals surface area contributed by atoms with Gasteiger partial charge in [0.15, 0.2) is 5.41 Å². The first-order valence-electron chi connectivity index (χ1n) is 7.76. The maximum atomic E-state index is 11.2. The highest BCUT2D eigenvalue weighted by molar-refractivity contribution is 6.06. The predicted molar refractivity (Wildman–Crippen MR) is 95.4 cm³/mol.